The highest BCUT2D eigenvalue weighted by atomic mass is 35.5. The molecule has 6 heteroatoms. The van der Waals surface area contributed by atoms with Gasteiger partial charge in [0, 0.05) is 17.3 Å². The lowest BCUT2D eigenvalue weighted by Crippen LogP contribution is -2.12. The van der Waals surface area contributed by atoms with Gasteiger partial charge in [0.2, 0.25) is 0 Å². The molecule has 0 fully saturated rings. The molecule has 0 N–H and O–H groups in total. The van der Waals surface area contributed by atoms with Gasteiger partial charge in [0.25, 0.3) is 0 Å². The smallest absolute Gasteiger partial charge is 0.191 e. The van der Waals surface area contributed by atoms with Crippen LogP contribution in [0.1, 0.15) is 30.0 Å². The van der Waals surface area contributed by atoms with Crippen LogP contribution >= 0.6 is 23.4 Å². The van der Waals surface area contributed by atoms with Gasteiger partial charge < -0.3 is 4.74 Å². The molecular weight excluding hydrogens is 426 g/mol. The first-order valence-corrected chi connectivity index (χ1v) is 11.5. The Morgan fingerprint density at radius 3 is 2.74 bits per heavy atom. The Morgan fingerprint density at radius 1 is 1.13 bits per heavy atom. The second kappa shape index (κ2) is 9.58. The minimum Gasteiger partial charge on any atom is -0.483 e. The first-order chi connectivity index (χ1) is 15.1. The van der Waals surface area contributed by atoms with Crippen LogP contribution in [0, 0.1) is 6.92 Å². The van der Waals surface area contributed by atoms with Crippen molar-refractivity contribution in [2.75, 3.05) is 0 Å². The number of thioether (sulfide) groups is 1. The van der Waals surface area contributed by atoms with Gasteiger partial charge in [0.05, 0.1) is 0 Å². The van der Waals surface area contributed by atoms with Crippen molar-refractivity contribution in [1.82, 2.24) is 14.8 Å². The Bertz CT molecular complexity index is 1220. The summed E-state index contributed by atoms with van der Waals surface area (Å²) in [6.07, 6.45) is 1.59. The Balaban J connectivity index is 1.55. The van der Waals surface area contributed by atoms with Crippen molar-refractivity contribution in [3.05, 3.63) is 95.3 Å². The maximum absolute atomic E-state index is 6.13. The highest BCUT2D eigenvalue weighted by Crippen LogP contribution is 2.30. The zero-order valence-electron chi connectivity index (χ0n) is 17.6. The van der Waals surface area contributed by atoms with Crippen molar-refractivity contribution in [3.63, 3.8) is 0 Å². The van der Waals surface area contributed by atoms with Gasteiger partial charge in [0.15, 0.2) is 17.1 Å². The second-order valence-corrected chi connectivity index (χ2v) is 8.69. The lowest BCUT2D eigenvalue weighted by Gasteiger charge is -2.16. The number of hydrogen-bond donors (Lipinski definition) is 0. The van der Waals surface area contributed by atoms with Crippen molar-refractivity contribution < 1.29 is 4.74 Å². The topological polar surface area (TPSA) is 39.9 Å². The molecule has 1 atom stereocenters. The highest BCUT2D eigenvalue weighted by Gasteiger charge is 2.19. The van der Waals surface area contributed by atoms with Gasteiger partial charge in [-0.25, -0.2) is 0 Å². The Hall–Kier alpha value is -2.76. The molecule has 0 aliphatic heterocycles. The van der Waals surface area contributed by atoms with Gasteiger partial charge in [-0.2, -0.15) is 0 Å². The van der Waals surface area contributed by atoms with Crippen LogP contribution in [0.4, 0.5) is 0 Å². The summed E-state index contributed by atoms with van der Waals surface area (Å²) in [6, 6.07) is 20.5. The molecule has 4 nitrogen and oxygen atoms in total. The first kappa shape index (κ1) is 21.5. The molecule has 0 saturated carbocycles. The van der Waals surface area contributed by atoms with Gasteiger partial charge in [-0.15, -0.1) is 16.8 Å². The number of nitrogens with zero attached hydrogens (tertiary/aromatic N) is 3. The fourth-order valence-electron chi connectivity index (χ4n) is 3.52. The van der Waals surface area contributed by atoms with E-state index in [1.165, 1.54) is 16.3 Å². The van der Waals surface area contributed by atoms with Crippen molar-refractivity contribution >= 4 is 34.1 Å². The van der Waals surface area contributed by atoms with E-state index in [-0.39, 0.29) is 6.10 Å². The molecule has 1 heterocycles. The molecule has 0 radical (unpaired) electrons. The number of hydrogen-bond acceptors (Lipinski definition) is 4. The summed E-state index contributed by atoms with van der Waals surface area (Å²) in [5.41, 5.74) is 2.25. The summed E-state index contributed by atoms with van der Waals surface area (Å²) in [6.45, 7) is 8.46. The monoisotopic (exact) mass is 449 g/mol. The maximum Gasteiger partial charge on any atom is 0.191 e. The van der Waals surface area contributed by atoms with E-state index in [1.807, 2.05) is 38.1 Å². The van der Waals surface area contributed by atoms with E-state index in [0.29, 0.717) is 6.54 Å². The predicted molar refractivity (Wildman–Crippen MR) is 129 cm³/mol. The molecular formula is C25H24ClN3OS. The molecule has 4 aromatic rings. The highest BCUT2D eigenvalue weighted by molar-refractivity contribution is 7.98. The quantitative estimate of drug-likeness (QED) is 0.214. The summed E-state index contributed by atoms with van der Waals surface area (Å²) in [7, 11) is 0. The van der Waals surface area contributed by atoms with Crippen LogP contribution in [-0.2, 0) is 12.3 Å². The predicted octanol–water partition coefficient (Wildman–Crippen LogP) is 7.01. The summed E-state index contributed by atoms with van der Waals surface area (Å²) in [5.74, 6) is 2.34. The molecule has 0 bridgehead atoms. The Kier molecular flexibility index (Phi) is 6.64. The van der Waals surface area contributed by atoms with E-state index < -0.39 is 0 Å². The van der Waals surface area contributed by atoms with Gasteiger partial charge in [0.1, 0.15) is 5.75 Å². The van der Waals surface area contributed by atoms with Gasteiger partial charge in [-0.05, 0) is 53.9 Å². The normalized spacial score (nSPS) is 12.1. The van der Waals surface area contributed by atoms with Crippen LogP contribution in [0.15, 0.2) is 78.5 Å². The summed E-state index contributed by atoms with van der Waals surface area (Å²) in [5, 5.41) is 13.0. The maximum atomic E-state index is 6.13. The largest absolute Gasteiger partial charge is 0.483 e. The standard InChI is InChI=1S/C25H24ClN3OS/c1-4-14-29-24(18(3)30-21-12-13-23(26)17(2)15-21)27-28-25(29)31-16-20-10-7-9-19-8-5-6-11-22(19)20/h4-13,15,18H,1,14,16H2,2-3H3. The Morgan fingerprint density at radius 2 is 1.94 bits per heavy atom. The SMILES string of the molecule is C=CCn1c(SCc2cccc3ccccc23)nnc1C(C)Oc1ccc(Cl)c(C)c1. The van der Waals surface area contributed by atoms with Gasteiger partial charge in [-0.3, -0.25) is 4.57 Å². The lowest BCUT2D eigenvalue weighted by atomic mass is 10.1. The van der Waals surface area contributed by atoms with Crippen LogP contribution in [0.5, 0.6) is 5.75 Å². The average molecular weight is 450 g/mol. The molecule has 0 saturated heterocycles. The third kappa shape index (κ3) is 4.78. The molecule has 0 spiro atoms. The summed E-state index contributed by atoms with van der Waals surface area (Å²) < 4.78 is 8.20. The molecule has 31 heavy (non-hydrogen) atoms. The van der Waals surface area contributed by atoms with Crippen molar-refractivity contribution in [1.29, 1.82) is 0 Å². The van der Waals surface area contributed by atoms with E-state index in [0.717, 1.165) is 33.1 Å². The minimum absolute atomic E-state index is 0.264. The number of benzene rings is 3. The first-order valence-electron chi connectivity index (χ1n) is 10.1. The third-order valence-electron chi connectivity index (χ3n) is 5.10. The van der Waals surface area contributed by atoms with E-state index in [2.05, 4.69) is 63.8 Å². The van der Waals surface area contributed by atoms with Crippen LogP contribution in [-0.4, -0.2) is 14.8 Å². The number of allylic oxidation sites excluding steroid dienone is 1. The molecule has 4 rings (SSSR count). The fourth-order valence-corrected chi connectivity index (χ4v) is 4.59. The van der Waals surface area contributed by atoms with E-state index in [1.54, 1.807) is 11.8 Å². The molecule has 0 aliphatic carbocycles. The van der Waals surface area contributed by atoms with Crippen molar-refractivity contribution in [2.45, 2.75) is 37.4 Å². The summed E-state index contributed by atoms with van der Waals surface area (Å²) in [4.78, 5) is 0. The van der Waals surface area contributed by atoms with Gasteiger partial charge in [-0.1, -0.05) is 71.9 Å². The number of aryl methyl sites for hydroxylation is 1. The number of ether oxygens (including phenoxy) is 1. The molecule has 3 aromatic carbocycles. The molecule has 0 amide bonds. The zero-order valence-corrected chi connectivity index (χ0v) is 19.2. The van der Waals surface area contributed by atoms with Crippen LogP contribution < -0.4 is 4.74 Å². The Labute approximate surface area is 191 Å². The minimum atomic E-state index is -0.264. The lowest BCUT2D eigenvalue weighted by molar-refractivity contribution is 0.210. The van der Waals surface area contributed by atoms with Crippen LogP contribution in [0.2, 0.25) is 5.02 Å². The number of fused-ring (bicyclic) bond motifs is 1. The zero-order chi connectivity index (χ0) is 21.8. The molecule has 1 unspecified atom stereocenters. The van der Waals surface area contributed by atoms with E-state index in [4.69, 9.17) is 16.3 Å². The number of rotatable bonds is 8. The molecule has 1 aromatic heterocycles. The third-order valence-corrected chi connectivity index (χ3v) is 6.54. The summed E-state index contributed by atoms with van der Waals surface area (Å²) >= 11 is 7.80. The van der Waals surface area contributed by atoms with E-state index in [9.17, 15) is 0 Å². The number of halogens is 1. The second-order valence-electron chi connectivity index (χ2n) is 7.34. The van der Waals surface area contributed by atoms with Crippen molar-refractivity contribution in [3.8, 4) is 5.75 Å². The van der Waals surface area contributed by atoms with Crippen LogP contribution in [0.3, 0.4) is 0 Å². The van der Waals surface area contributed by atoms with Gasteiger partial charge >= 0.3 is 0 Å². The van der Waals surface area contributed by atoms with Crippen molar-refractivity contribution in [2.24, 2.45) is 0 Å². The average Bonchev–Trinajstić information content (AvgIpc) is 3.18. The molecule has 0 aliphatic rings. The fraction of sp³-hybridized carbons (Fsp3) is 0.200. The van der Waals surface area contributed by atoms with E-state index >= 15 is 0 Å². The number of aromatic nitrogens is 3. The molecule has 158 valence electrons. The van der Waals surface area contributed by atoms with Crippen LogP contribution in [0.25, 0.3) is 10.8 Å².